The molecule has 0 atom stereocenters. The van der Waals surface area contributed by atoms with Crippen molar-refractivity contribution >= 4 is 10.0 Å². The van der Waals surface area contributed by atoms with Crippen molar-refractivity contribution in [3.63, 3.8) is 0 Å². The summed E-state index contributed by atoms with van der Waals surface area (Å²) in [6, 6.07) is 0. The lowest BCUT2D eigenvalue weighted by Gasteiger charge is -2.14. The zero-order valence-electron chi connectivity index (χ0n) is 14.3. The Hall–Kier alpha value is -0.0900. The van der Waals surface area contributed by atoms with Gasteiger partial charge in [0.1, 0.15) is 0 Å². The number of primary sulfonamides is 1. The fraction of sp³-hybridized carbons (Fsp3) is 1.00. The van der Waals surface area contributed by atoms with Gasteiger partial charge in [-0.3, -0.25) is 0 Å². The Balaban J connectivity index is 3.79. The highest BCUT2D eigenvalue weighted by atomic mass is 32.2. The zero-order valence-corrected chi connectivity index (χ0v) is 15.1. The first-order valence-corrected chi connectivity index (χ1v) is 10.6. The van der Waals surface area contributed by atoms with E-state index in [2.05, 4.69) is 13.8 Å². The lowest BCUT2D eigenvalue weighted by molar-refractivity contribution is 0.513. The minimum absolute atomic E-state index is 0.310. The van der Waals surface area contributed by atoms with Crippen LogP contribution < -0.4 is 5.14 Å². The third-order valence-corrected chi connectivity index (χ3v) is 5.62. The molecule has 128 valence electrons. The van der Waals surface area contributed by atoms with E-state index in [9.17, 15) is 8.42 Å². The highest BCUT2D eigenvalue weighted by Crippen LogP contribution is 2.18. The number of sulfonamides is 1. The number of hydrogen-bond acceptors (Lipinski definition) is 2. The van der Waals surface area contributed by atoms with Crippen LogP contribution in [0.3, 0.4) is 0 Å². The molecule has 0 aliphatic heterocycles. The third-order valence-electron chi connectivity index (χ3n) is 4.22. The Morgan fingerprint density at radius 2 is 1.00 bits per heavy atom. The molecule has 0 aromatic rings. The maximum absolute atomic E-state index is 11.6. The molecule has 2 N–H and O–H groups in total. The molecule has 0 saturated heterocycles. The summed E-state index contributed by atoms with van der Waals surface area (Å²) in [6.45, 7) is 4.41. The molecule has 0 amide bonds. The van der Waals surface area contributed by atoms with Crippen molar-refractivity contribution in [1.82, 2.24) is 0 Å². The SMILES string of the molecule is CCCCCCCCC(CCCCCCCC)S(N)(=O)=O. The van der Waals surface area contributed by atoms with Crippen LogP contribution in [0, 0.1) is 0 Å². The molecular weight excluding hydrogens is 282 g/mol. The molecule has 4 heteroatoms. The molecule has 0 heterocycles. The second-order valence-corrected chi connectivity index (χ2v) is 8.17. The van der Waals surface area contributed by atoms with Gasteiger partial charge in [-0.15, -0.1) is 0 Å². The van der Waals surface area contributed by atoms with Gasteiger partial charge in [0, 0.05) is 0 Å². The molecule has 0 aliphatic rings. The summed E-state index contributed by atoms with van der Waals surface area (Å²) in [5.74, 6) is 0. The summed E-state index contributed by atoms with van der Waals surface area (Å²) in [7, 11) is -3.36. The van der Waals surface area contributed by atoms with E-state index in [1.165, 1.54) is 51.4 Å². The molecule has 0 fully saturated rings. The quantitative estimate of drug-likeness (QED) is 0.425. The topological polar surface area (TPSA) is 60.2 Å². The molecular formula is C17H37NO2S. The van der Waals surface area contributed by atoms with Crippen LogP contribution in [-0.2, 0) is 10.0 Å². The van der Waals surface area contributed by atoms with E-state index < -0.39 is 10.0 Å². The van der Waals surface area contributed by atoms with Crippen molar-refractivity contribution < 1.29 is 8.42 Å². The van der Waals surface area contributed by atoms with Gasteiger partial charge in [0.2, 0.25) is 10.0 Å². The van der Waals surface area contributed by atoms with Crippen LogP contribution in [0.15, 0.2) is 0 Å². The van der Waals surface area contributed by atoms with Crippen molar-refractivity contribution in [1.29, 1.82) is 0 Å². The Bertz CT molecular complexity index is 299. The van der Waals surface area contributed by atoms with Crippen molar-refractivity contribution in [2.45, 2.75) is 109 Å². The van der Waals surface area contributed by atoms with Crippen molar-refractivity contribution in [2.24, 2.45) is 5.14 Å². The van der Waals surface area contributed by atoms with Crippen molar-refractivity contribution in [2.75, 3.05) is 0 Å². The summed E-state index contributed by atoms with van der Waals surface area (Å²) >= 11 is 0. The van der Waals surface area contributed by atoms with E-state index in [0.717, 1.165) is 38.5 Å². The van der Waals surface area contributed by atoms with E-state index in [1.807, 2.05) is 0 Å². The minimum Gasteiger partial charge on any atom is -0.228 e. The fourth-order valence-corrected chi connectivity index (χ4v) is 3.77. The Labute approximate surface area is 133 Å². The maximum atomic E-state index is 11.6. The monoisotopic (exact) mass is 319 g/mol. The molecule has 3 nitrogen and oxygen atoms in total. The van der Waals surface area contributed by atoms with Gasteiger partial charge in [0.15, 0.2) is 0 Å². The average molecular weight is 320 g/mol. The molecule has 0 radical (unpaired) electrons. The first kappa shape index (κ1) is 20.9. The van der Waals surface area contributed by atoms with E-state index in [0.29, 0.717) is 0 Å². The second kappa shape index (κ2) is 13.6. The summed E-state index contributed by atoms with van der Waals surface area (Å²) in [5, 5.41) is 5.07. The first-order valence-electron chi connectivity index (χ1n) is 9.04. The number of unbranched alkanes of at least 4 members (excludes halogenated alkanes) is 10. The molecule has 0 spiro atoms. The summed E-state index contributed by atoms with van der Waals surface area (Å²) in [4.78, 5) is 0. The Kier molecular flexibility index (Phi) is 13.5. The van der Waals surface area contributed by atoms with Gasteiger partial charge in [0.05, 0.1) is 5.25 Å². The van der Waals surface area contributed by atoms with Gasteiger partial charge in [-0.25, -0.2) is 13.6 Å². The van der Waals surface area contributed by atoms with Gasteiger partial charge in [-0.2, -0.15) is 0 Å². The van der Waals surface area contributed by atoms with E-state index in [-0.39, 0.29) is 5.25 Å². The zero-order chi connectivity index (χ0) is 16.0. The molecule has 0 aliphatic carbocycles. The van der Waals surface area contributed by atoms with Crippen LogP contribution in [0.25, 0.3) is 0 Å². The van der Waals surface area contributed by atoms with Crippen LogP contribution in [0.5, 0.6) is 0 Å². The van der Waals surface area contributed by atoms with Gasteiger partial charge in [-0.1, -0.05) is 90.9 Å². The van der Waals surface area contributed by atoms with Crippen LogP contribution >= 0.6 is 0 Å². The van der Waals surface area contributed by atoms with Crippen LogP contribution in [0.1, 0.15) is 104 Å². The summed E-state index contributed by atoms with van der Waals surface area (Å²) in [6.07, 6.45) is 15.8. The lowest BCUT2D eigenvalue weighted by Crippen LogP contribution is -2.28. The van der Waals surface area contributed by atoms with Crippen LogP contribution in [-0.4, -0.2) is 13.7 Å². The van der Waals surface area contributed by atoms with Crippen molar-refractivity contribution in [3.8, 4) is 0 Å². The van der Waals surface area contributed by atoms with Gasteiger partial charge < -0.3 is 0 Å². The standard InChI is InChI=1S/C17H37NO2S/c1-3-5-7-9-11-13-15-17(21(18,19)20)16-14-12-10-8-6-4-2/h17H,3-16H2,1-2H3,(H2,18,19,20). The highest BCUT2D eigenvalue weighted by molar-refractivity contribution is 7.89. The Morgan fingerprint density at radius 1 is 0.667 bits per heavy atom. The molecule has 0 aromatic heterocycles. The third kappa shape index (κ3) is 13.3. The predicted molar refractivity (Wildman–Crippen MR) is 92.9 cm³/mol. The smallest absolute Gasteiger partial charge is 0.211 e. The molecule has 0 saturated carbocycles. The minimum atomic E-state index is -3.36. The second-order valence-electron chi connectivity index (χ2n) is 6.32. The molecule has 0 rings (SSSR count). The van der Waals surface area contributed by atoms with E-state index in [4.69, 9.17) is 5.14 Å². The average Bonchev–Trinajstić information content (AvgIpc) is 2.42. The Morgan fingerprint density at radius 3 is 1.33 bits per heavy atom. The van der Waals surface area contributed by atoms with Gasteiger partial charge in [0.25, 0.3) is 0 Å². The maximum Gasteiger partial charge on any atom is 0.211 e. The van der Waals surface area contributed by atoms with Crippen molar-refractivity contribution in [3.05, 3.63) is 0 Å². The summed E-state index contributed by atoms with van der Waals surface area (Å²) in [5.41, 5.74) is 0. The largest absolute Gasteiger partial charge is 0.228 e. The normalized spacial score (nSPS) is 12.2. The first-order chi connectivity index (χ1) is 10.0. The molecule has 21 heavy (non-hydrogen) atoms. The molecule has 0 unspecified atom stereocenters. The fourth-order valence-electron chi connectivity index (χ4n) is 2.78. The number of nitrogens with two attached hydrogens (primary N) is 1. The summed E-state index contributed by atoms with van der Waals surface area (Å²) < 4.78 is 23.3. The van der Waals surface area contributed by atoms with E-state index in [1.54, 1.807) is 0 Å². The van der Waals surface area contributed by atoms with Crippen LogP contribution in [0.4, 0.5) is 0 Å². The van der Waals surface area contributed by atoms with Gasteiger partial charge >= 0.3 is 0 Å². The van der Waals surface area contributed by atoms with Crippen LogP contribution in [0.2, 0.25) is 0 Å². The predicted octanol–water partition coefficient (Wildman–Crippen LogP) is 5.14. The number of rotatable bonds is 15. The lowest BCUT2D eigenvalue weighted by atomic mass is 10.0. The number of hydrogen-bond donors (Lipinski definition) is 1. The highest BCUT2D eigenvalue weighted by Gasteiger charge is 2.20. The van der Waals surface area contributed by atoms with E-state index >= 15 is 0 Å². The molecule has 0 aromatic carbocycles. The molecule has 0 bridgehead atoms. The van der Waals surface area contributed by atoms with Gasteiger partial charge in [-0.05, 0) is 12.8 Å².